The van der Waals surface area contributed by atoms with Gasteiger partial charge in [-0.1, -0.05) is 25.0 Å². The van der Waals surface area contributed by atoms with Crippen LogP contribution in [0.1, 0.15) is 36.6 Å². The number of rotatable bonds is 4. The number of sulfonamides is 1. The Labute approximate surface area is 144 Å². The van der Waals surface area contributed by atoms with Gasteiger partial charge in [-0.15, -0.1) is 11.3 Å². The van der Waals surface area contributed by atoms with E-state index in [1.54, 1.807) is 11.3 Å². The van der Waals surface area contributed by atoms with Crippen molar-refractivity contribution < 1.29 is 13.3 Å². The number of non-ortho nitro benzene ring substituents is 1. The first kappa shape index (κ1) is 17.1. The Bertz CT molecular complexity index is 818. The lowest BCUT2D eigenvalue weighted by atomic mass is 10.1. The highest BCUT2D eigenvalue weighted by Gasteiger charge is 2.34. The summed E-state index contributed by atoms with van der Waals surface area (Å²) >= 11 is 1.55. The molecule has 1 aliphatic rings. The zero-order valence-corrected chi connectivity index (χ0v) is 14.6. The van der Waals surface area contributed by atoms with E-state index in [4.69, 9.17) is 0 Å². The minimum atomic E-state index is -3.78. The molecule has 8 heteroatoms. The van der Waals surface area contributed by atoms with Crippen LogP contribution in [0.15, 0.2) is 46.7 Å². The summed E-state index contributed by atoms with van der Waals surface area (Å²) < 4.78 is 27.8. The fraction of sp³-hybridized carbons (Fsp3) is 0.375. The van der Waals surface area contributed by atoms with Gasteiger partial charge in [0.05, 0.1) is 15.9 Å². The van der Waals surface area contributed by atoms with Crippen molar-refractivity contribution >= 4 is 27.0 Å². The van der Waals surface area contributed by atoms with Gasteiger partial charge in [0.15, 0.2) is 0 Å². The molecule has 0 amide bonds. The van der Waals surface area contributed by atoms with Gasteiger partial charge >= 0.3 is 0 Å². The van der Waals surface area contributed by atoms with Crippen molar-refractivity contribution in [2.45, 2.75) is 36.6 Å². The molecule has 0 saturated carbocycles. The predicted molar refractivity (Wildman–Crippen MR) is 92.5 cm³/mol. The number of nitrogens with zero attached hydrogens (tertiary/aromatic N) is 2. The molecule has 1 saturated heterocycles. The molecule has 24 heavy (non-hydrogen) atoms. The topological polar surface area (TPSA) is 80.5 Å². The number of thiophene rings is 1. The van der Waals surface area contributed by atoms with Crippen molar-refractivity contribution in [3.8, 4) is 0 Å². The van der Waals surface area contributed by atoms with Crippen molar-refractivity contribution in [3.63, 3.8) is 0 Å². The van der Waals surface area contributed by atoms with Crippen molar-refractivity contribution in [2.75, 3.05) is 6.54 Å². The molecule has 0 radical (unpaired) electrons. The Kier molecular flexibility index (Phi) is 4.98. The lowest BCUT2D eigenvalue weighted by Gasteiger charge is -2.28. The summed E-state index contributed by atoms with van der Waals surface area (Å²) in [4.78, 5) is 11.4. The summed E-state index contributed by atoms with van der Waals surface area (Å²) in [7, 11) is -3.78. The molecule has 2 aromatic rings. The first-order valence-electron chi connectivity index (χ1n) is 7.80. The molecular weight excluding hydrogens is 348 g/mol. The van der Waals surface area contributed by atoms with E-state index < -0.39 is 14.9 Å². The van der Waals surface area contributed by atoms with Crippen molar-refractivity contribution in [2.24, 2.45) is 0 Å². The van der Waals surface area contributed by atoms with Gasteiger partial charge in [-0.3, -0.25) is 10.1 Å². The molecule has 1 aromatic carbocycles. The fourth-order valence-corrected chi connectivity index (χ4v) is 5.68. The maximum atomic E-state index is 13.1. The molecule has 0 N–H and O–H groups in total. The van der Waals surface area contributed by atoms with Gasteiger partial charge in [0.1, 0.15) is 0 Å². The molecule has 1 atom stereocenters. The van der Waals surface area contributed by atoms with Gasteiger partial charge in [0.2, 0.25) is 10.0 Å². The molecule has 1 fully saturated rings. The molecule has 1 aliphatic heterocycles. The van der Waals surface area contributed by atoms with Crippen LogP contribution in [0.25, 0.3) is 0 Å². The summed E-state index contributed by atoms with van der Waals surface area (Å²) in [6.07, 6.45) is 3.54. The van der Waals surface area contributed by atoms with Gasteiger partial charge in [-0.25, -0.2) is 8.42 Å². The Morgan fingerprint density at radius 1 is 1.17 bits per heavy atom. The summed E-state index contributed by atoms with van der Waals surface area (Å²) in [5, 5.41) is 12.9. The largest absolute Gasteiger partial charge is 0.270 e. The highest BCUT2D eigenvalue weighted by Crippen LogP contribution is 2.37. The van der Waals surface area contributed by atoms with Crippen LogP contribution in [0, 0.1) is 10.1 Å². The molecule has 0 unspecified atom stereocenters. The van der Waals surface area contributed by atoms with E-state index in [0.717, 1.165) is 36.6 Å². The molecular formula is C16H18N2O4S2. The number of nitro benzene ring substituents is 1. The molecule has 1 aromatic heterocycles. The van der Waals surface area contributed by atoms with Gasteiger partial charge in [0.25, 0.3) is 5.69 Å². The summed E-state index contributed by atoms with van der Waals surface area (Å²) in [5.74, 6) is 0. The van der Waals surface area contributed by atoms with Gasteiger partial charge in [-0.2, -0.15) is 4.31 Å². The molecule has 0 spiro atoms. The summed E-state index contributed by atoms with van der Waals surface area (Å²) in [5.41, 5.74) is -0.210. The molecule has 2 heterocycles. The van der Waals surface area contributed by atoms with Crippen LogP contribution in [0.3, 0.4) is 0 Å². The van der Waals surface area contributed by atoms with E-state index in [1.807, 2.05) is 17.5 Å². The zero-order valence-electron chi connectivity index (χ0n) is 13.0. The van der Waals surface area contributed by atoms with Crippen LogP contribution < -0.4 is 0 Å². The van der Waals surface area contributed by atoms with Crippen molar-refractivity contribution in [1.29, 1.82) is 0 Å². The van der Waals surface area contributed by atoms with E-state index in [-0.39, 0.29) is 16.6 Å². The molecule has 0 aliphatic carbocycles. The van der Waals surface area contributed by atoms with Gasteiger partial charge in [-0.05, 0) is 30.4 Å². The van der Waals surface area contributed by atoms with Crippen molar-refractivity contribution in [3.05, 3.63) is 56.8 Å². The van der Waals surface area contributed by atoms with Crippen LogP contribution >= 0.6 is 11.3 Å². The van der Waals surface area contributed by atoms with Crippen LogP contribution in [-0.4, -0.2) is 24.2 Å². The van der Waals surface area contributed by atoms with Crippen LogP contribution in [0.2, 0.25) is 0 Å². The maximum Gasteiger partial charge on any atom is 0.270 e. The van der Waals surface area contributed by atoms with Crippen molar-refractivity contribution in [1.82, 2.24) is 4.31 Å². The molecule has 3 rings (SSSR count). The molecule has 6 nitrogen and oxygen atoms in total. The third-order valence-electron chi connectivity index (χ3n) is 4.21. The predicted octanol–water partition coefficient (Wildman–Crippen LogP) is 3.96. The standard InChI is InChI=1S/C16H18N2O4S2/c19-18(20)13-6-4-7-14(12-13)24(21,22)17-10-3-1-2-8-15(17)16-9-5-11-23-16/h4-7,9,11-12,15H,1-3,8,10H2/t15-/m0/s1. The Morgan fingerprint density at radius 2 is 2.00 bits per heavy atom. The first-order chi connectivity index (χ1) is 11.5. The van der Waals surface area contributed by atoms with E-state index >= 15 is 0 Å². The lowest BCUT2D eigenvalue weighted by Crippen LogP contribution is -2.34. The third kappa shape index (κ3) is 3.35. The average molecular weight is 366 g/mol. The second kappa shape index (κ2) is 7.00. The number of benzene rings is 1. The fourth-order valence-electron chi connectivity index (χ4n) is 3.03. The lowest BCUT2D eigenvalue weighted by molar-refractivity contribution is -0.385. The molecule has 0 bridgehead atoms. The monoisotopic (exact) mass is 366 g/mol. The number of nitro groups is 1. The smallest absolute Gasteiger partial charge is 0.258 e. The Hall–Kier alpha value is -1.77. The van der Waals surface area contributed by atoms with E-state index in [9.17, 15) is 18.5 Å². The van der Waals surface area contributed by atoms with E-state index in [2.05, 4.69) is 0 Å². The SMILES string of the molecule is O=[N+]([O-])c1cccc(S(=O)(=O)N2CCCCC[C@H]2c2cccs2)c1. The normalized spacial score (nSPS) is 19.8. The number of hydrogen-bond acceptors (Lipinski definition) is 5. The summed E-state index contributed by atoms with van der Waals surface area (Å²) in [6.45, 7) is 0.438. The minimum Gasteiger partial charge on any atom is -0.258 e. The second-order valence-corrected chi connectivity index (χ2v) is 8.62. The zero-order chi connectivity index (χ0) is 17.2. The Morgan fingerprint density at radius 3 is 2.71 bits per heavy atom. The highest BCUT2D eigenvalue weighted by atomic mass is 32.2. The van der Waals surface area contributed by atoms with Crippen LogP contribution in [-0.2, 0) is 10.0 Å². The minimum absolute atomic E-state index is 0.0137. The van der Waals surface area contributed by atoms with E-state index in [0.29, 0.717) is 6.54 Å². The summed E-state index contributed by atoms with van der Waals surface area (Å²) in [6, 6.07) is 8.97. The third-order valence-corrected chi connectivity index (χ3v) is 7.09. The van der Waals surface area contributed by atoms with Gasteiger partial charge < -0.3 is 0 Å². The second-order valence-electron chi connectivity index (χ2n) is 5.75. The van der Waals surface area contributed by atoms with Gasteiger partial charge in [0, 0.05) is 23.6 Å². The van der Waals surface area contributed by atoms with Crippen LogP contribution in [0.5, 0.6) is 0 Å². The highest BCUT2D eigenvalue weighted by molar-refractivity contribution is 7.89. The molecule has 128 valence electrons. The maximum absolute atomic E-state index is 13.1. The quantitative estimate of drug-likeness (QED) is 0.606. The van der Waals surface area contributed by atoms with Crippen LogP contribution in [0.4, 0.5) is 5.69 Å². The average Bonchev–Trinajstić information content (AvgIpc) is 2.98. The first-order valence-corrected chi connectivity index (χ1v) is 10.1. The number of hydrogen-bond donors (Lipinski definition) is 0. The Balaban J connectivity index is 2.02. The van der Waals surface area contributed by atoms with E-state index in [1.165, 1.54) is 22.5 Å².